The Morgan fingerprint density at radius 1 is 1.38 bits per heavy atom. The Bertz CT molecular complexity index is 707. The van der Waals surface area contributed by atoms with Gasteiger partial charge in [0.05, 0.1) is 24.0 Å². The summed E-state index contributed by atoms with van der Waals surface area (Å²) in [5.41, 5.74) is 6.73. The third kappa shape index (κ3) is 4.80. The first kappa shape index (κ1) is 20.1. The van der Waals surface area contributed by atoms with Gasteiger partial charge in [0.25, 0.3) is 0 Å². The smallest absolute Gasteiger partial charge is 0.230 e. The van der Waals surface area contributed by atoms with E-state index < -0.39 is 0 Å². The maximum absolute atomic E-state index is 12.0. The van der Waals surface area contributed by atoms with Crippen molar-refractivity contribution in [1.82, 2.24) is 9.97 Å². The lowest BCUT2D eigenvalue weighted by atomic mass is 10.3. The first-order valence-corrected chi connectivity index (χ1v) is 7.76. The molecule has 0 aliphatic carbocycles. The topological polar surface area (TPSA) is 101 Å². The van der Waals surface area contributed by atoms with Gasteiger partial charge in [-0.05, 0) is 18.6 Å². The molecule has 2 aromatic rings. The molecule has 2 aromatic heterocycles. The summed E-state index contributed by atoms with van der Waals surface area (Å²) in [6, 6.07) is 3.31. The van der Waals surface area contributed by atoms with E-state index >= 15 is 0 Å². The molecule has 1 aliphatic heterocycles. The number of nitrogens with two attached hydrogens (primary N) is 1. The van der Waals surface area contributed by atoms with Crippen molar-refractivity contribution < 1.29 is 9.59 Å². The van der Waals surface area contributed by atoms with Gasteiger partial charge in [-0.1, -0.05) is 0 Å². The van der Waals surface area contributed by atoms with Crippen LogP contribution < -0.4 is 16.0 Å². The number of halogens is 2. The Morgan fingerprint density at radius 3 is 2.79 bits per heavy atom. The molecule has 0 aromatic carbocycles. The van der Waals surface area contributed by atoms with E-state index in [0.717, 1.165) is 6.42 Å². The fourth-order valence-electron chi connectivity index (χ4n) is 2.20. The van der Waals surface area contributed by atoms with Crippen LogP contribution in [0.25, 0.3) is 0 Å². The fraction of sp³-hybridized carbons (Fsp3) is 0.286. The van der Waals surface area contributed by atoms with Crippen LogP contribution in [0.3, 0.4) is 0 Å². The molecule has 0 unspecified atom stereocenters. The second-order valence-corrected chi connectivity index (χ2v) is 5.80. The third-order valence-electron chi connectivity index (χ3n) is 3.26. The van der Waals surface area contributed by atoms with Gasteiger partial charge >= 0.3 is 0 Å². The number of rotatable bonds is 4. The van der Waals surface area contributed by atoms with Gasteiger partial charge in [-0.15, -0.1) is 36.2 Å². The number of nitrogen functional groups attached to an aromatic ring is 1. The summed E-state index contributed by atoms with van der Waals surface area (Å²) in [6.45, 7) is 0.703. The molecule has 0 saturated carbocycles. The highest BCUT2D eigenvalue weighted by Gasteiger charge is 2.24. The van der Waals surface area contributed by atoms with Crippen molar-refractivity contribution in [1.29, 1.82) is 0 Å². The molecule has 0 bridgehead atoms. The second kappa shape index (κ2) is 8.81. The van der Waals surface area contributed by atoms with Crippen molar-refractivity contribution >= 4 is 64.6 Å². The number of hydrogen-bond donors (Lipinski definition) is 2. The highest BCUT2D eigenvalue weighted by atomic mass is 35.5. The predicted molar refractivity (Wildman–Crippen MR) is 99.2 cm³/mol. The molecule has 3 rings (SSSR count). The first-order valence-electron chi connectivity index (χ1n) is 6.88. The van der Waals surface area contributed by atoms with Crippen LogP contribution in [0.2, 0.25) is 0 Å². The van der Waals surface area contributed by atoms with Crippen molar-refractivity contribution in [2.45, 2.75) is 19.3 Å². The minimum Gasteiger partial charge on any atom is -0.384 e. The summed E-state index contributed by atoms with van der Waals surface area (Å²) in [4.78, 5) is 33.6. The lowest BCUT2D eigenvalue weighted by Gasteiger charge is -2.10. The SMILES string of the molecule is Cl.Cl.Nc1ccc(NC(=O)Cc2csc(N3CCCC3=O)n2)cn1. The lowest BCUT2D eigenvalue weighted by Crippen LogP contribution is -2.23. The van der Waals surface area contributed by atoms with E-state index in [1.807, 2.05) is 5.38 Å². The highest BCUT2D eigenvalue weighted by molar-refractivity contribution is 7.14. The largest absolute Gasteiger partial charge is 0.384 e. The molecule has 0 spiro atoms. The van der Waals surface area contributed by atoms with E-state index in [-0.39, 0.29) is 43.0 Å². The Morgan fingerprint density at radius 2 is 2.17 bits per heavy atom. The van der Waals surface area contributed by atoms with Gasteiger partial charge in [-0.25, -0.2) is 9.97 Å². The Hall–Kier alpha value is -1.90. The summed E-state index contributed by atoms with van der Waals surface area (Å²) >= 11 is 1.39. The number of hydrogen-bond acceptors (Lipinski definition) is 6. The van der Waals surface area contributed by atoms with E-state index in [2.05, 4.69) is 15.3 Å². The molecule has 1 saturated heterocycles. The summed E-state index contributed by atoms with van der Waals surface area (Å²) in [6.07, 6.45) is 3.09. The number of amides is 2. The number of aromatic nitrogens is 2. The van der Waals surface area contributed by atoms with Crippen LogP contribution in [0.15, 0.2) is 23.7 Å². The molecule has 0 radical (unpaired) electrons. The van der Waals surface area contributed by atoms with Gasteiger partial charge in [-0.3, -0.25) is 14.5 Å². The monoisotopic (exact) mass is 389 g/mol. The van der Waals surface area contributed by atoms with Crippen LogP contribution in [-0.2, 0) is 16.0 Å². The molecule has 10 heteroatoms. The number of thiazole rings is 1. The second-order valence-electron chi connectivity index (χ2n) is 4.97. The third-order valence-corrected chi connectivity index (χ3v) is 4.17. The molecule has 130 valence electrons. The molecule has 0 atom stereocenters. The van der Waals surface area contributed by atoms with Crippen LogP contribution in [0.5, 0.6) is 0 Å². The van der Waals surface area contributed by atoms with Gasteiger partial charge in [0.15, 0.2) is 5.13 Å². The van der Waals surface area contributed by atoms with Gasteiger partial charge in [0.1, 0.15) is 5.82 Å². The van der Waals surface area contributed by atoms with Crippen molar-refractivity contribution in [3.05, 3.63) is 29.4 Å². The van der Waals surface area contributed by atoms with Crippen LogP contribution in [0.4, 0.5) is 16.6 Å². The quantitative estimate of drug-likeness (QED) is 0.834. The van der Waals surface area contributed by atoms with E-state index in [1.165, 1.54) is 17.5 Å². The number of nitrogens with one attached hydrogen (secondary N) is 1. The normalized spacial score (nSPS) is 13.2. The number of carbonyl (C=O) groups excluding carboxylic acids is 2. The van der Waals surface area contributed by atoms with Crippen molar-refractivity contribution in [2.24, 2.45) is 0 Å². The van der Waals surface area contributed by atoms with Crippen LogP contribution in [-0.4, -0.2) is 28.3 Å². The molecule has 3 heterocycles. The fourth-order valence-corrected chi connectivity index (χ4v) is 3.07. The minimum atomic E-state index is -0.184. The molecular weight excluding hydrogens is 373 g/mol. The maximum Gasteiger partial charge on any atom is 0.230 e. The number of pyridine rings is 1. The summed E-state index contributed by atoms with van der Waals surface area (Å²) in [5.74, 6) is 0.312. The van der Waals surface area contributed by atoms with E-state index in [9.17, 15) is 9.59 Å². The molecule has 7 nitrogen and oxygen atoms in total. The van der Waals surface area contributed by atoms with E-state index in [4.69, 9.17) is 5.73 Å². The van der Waals surface area contributed by atoms with Gasteiger partial charge in [0.2, 0.25) is 11.8 Å². The Balaban J connectivity index is 0.00000144. The average molecular weight is 390 g/mol. The summed E-state index contributed by atoms with van der Waals surface area (Å²) in [7, 11) is 0. The van der Waals surface area contributed by atoms with Crippen LogP contribution in [0.1, 0.15) is 18.5 Å². The standard InChI is InChI=1S/C14H15N5O2S.2ClH/c15-11-4-3-9(7-16-11)17-12(20)6-10-8-22-14(18-10)19-5-1-2-13(19)21;;/h3-4,7-8H,1-2,5-6H2,(H2,15,16)(H,17,20);2*1H. The lowest BCUT2D eigenvalue weighted by molar-refractivity contribution is -0.117. The van der Waals surface area contributed by atoms with Crippen LogP contribution in [0, 0.1) is 0 Å². The van der Waals surface area contributed by atoms with E-state index in [1.54, 1.807) is 17.0 Å². The zero-order chi connectivity index (χ0) is 15.5. The molecule has 3 N–H and O–H groups in total. The van der Waals surface area contributed by atoms with Crippen LogP contribution >= 0.6 is 36.2 Å². The predicted octanol–water partition coefficient (Wildman–Crippen LogP) is 2.27. The molecule has 24 heavy (non-hydrogen) atoms. The zero-order valence-electron chi connectivity index (χ0n) is 12.6. The Kier molecular flexibility index (Phi) is 7.40. The maximum atomic E-state index is 12.0. The zero-order valence-corrected chi connectivity index (χ0v) is 15.0. The van der Waals surface area contributed by atoms with E-state index in [0.29, 0.717) is 35.3 Å². The molecule has 1 aliphatic rings. The summed E-state index contributed by atoms with van der Waals surface area (Å²) < 4.78 is 0. The molecular formula is C14H17Cl2N5O2S. The van der Waals surface area contributed by atoms with Crippen molar-refractivity contribution in [3.8, 4) is 0 Å². The van der Waals surface area contributed by atoms with Gasteiger partial charge < -0.3 is 11.1 Å². The Labute approximate surface area is 155 Å². The highest BCUT2D eigenvalue weighted by Crippen LogP contribution is 2.25. The number of carbonyl (C=O) groups is 2. The average Bonchev–Trinajstić information content (AvgIpc) is 3.10. The van der Waals surface area contributed by atoms with Crippen molar-refractivity contribution in [3.63, 3.8) is 0 Å². The number of nitrogens with zero attached hydrogens (tertiary/aromatic N) is 3. The summed E-state index contributed by atoms with van der Waals surface area (Å²) in [5, 5.41) is 5.21. The van der Waals surface area contributed by atoms with Gasteiger partial charge in [-0.2, -0.15) is 0 Å². The van der Waals surface area contributed by atoms with Gasteiger partial charge in [0, 0.05) is 18.3 Å². The molecule has 1 fully saturated rings. The minimum absolute atomic E-state index is 0. The molecule has 2 amide bonds. The number of anilines is 3. The first-order chi connectivity index (χ1) is 10.6. The van der Waals surface area contributed by atoms with Crippen molar-refractivity contribution in [2.75, 3.05) is 22.5 Å².